The number of aromatic carboxylic acids is 1. The van der Waals surface area contributed by atoms with Gasteiger partial charge in [-0.15, -0.1) is 0 Å². The molecule has 0 atom stereocenters. The van der Waals surface area contributed by atoms with Crippen molar-refractivity contribution in [1.82, 2.24) is 0 Å². The van der Waals surface area contributed by atoms with Gasteiger partial charge in [0.1, 0.15) is 5.75 Å². The van der Waals surface area contributed by atoms with Crippen LogP contribution in [-0.2, 0) is 0 Å². The Morgan fingerprint density at radius 1 is 1.19 bits per heavy atom. The molecule has 1 aliphatic rings. The number of hydrogen-bond acceptors (Lipinski definition) is 7. The molecule has 3 aromatic rings. The Bertz CT molecular complexity index is 1080. The second-order valence-corrected chi connectivity index (χ2v) is 5.40. The average molecular weight is 363 g/mol. The van der Waals surface area contributed by atoms with Crippen molar-refractivity contribution in [2.24, 2.45) is 0 Å². The van der Waals surface area contributed by atoms with E-state index in [2.05, 4.69) is 0 Å². The van der Waals surface area contributed by atoms with Gasteiger partial charge in [-0.3, -0.25) is 10.1 Å². The minimum absolute atomic E-state index is 0. The molecule has 126 valence electrons. The van der Waals surface area contributed by atoms with Crippen LogP contribution in [0.25, 0.3) is 21.5 Å². The van der Waals surface area contributed by atoms with Crippen molar-refractivity contribution in [2.75, 3.05) is 13.9 Å². The maximum Gasteiger partial charge on any atom is 1.00 e. The first-order chi connectivity index (χ1) is 12.0. The van der Waals surface area contributed by atoms with Gasteiger partial charge in [0.15, 0.2) is 11.5 Å². The van der Waals surface area contributed by atoms with Crippen LogP contribution in [0, 0.1) is 10.1 Å². The van der Waals surface area contributed by atoms with Crippen LogP contribution in [0.15, 0.2) is 30.3 Å². The third kappa shape index (κ3) is 2.54. The summed E-state index contributed by atoms with van der Waals surface area (Å²) in [5.41, 5.74) is -0.694. The van der Waals surface area contributed by atoms with Gasteiger partial charge in [0.05, 0.1) is 23.4 Å². The number of nitrogens with zero attached hydrogens (tertiary/aromatic N) is 1. The molecule has 0 unspecified atom stereocenters. The first-order valence-electron chi connectivity index (χ1n) is 7.24. The number of ether oxygens (including phenoxy) is 3. The minimum atomic E-state index is -1.53. The van der Waals surface area contributed by atoms with Gasteiger partial charge in [-0.1, -0.05) is 12.1 Å². The molecule has 0 bridgehead atoms. The zero-order valence-electron chi connectivity index (χ0n) is 13.9. The Kier molecular flexibility index (Phi) is 4.66. The maximum atomic E-state index is 11.6. The number of carboxylic acids is 1. The molecule has 1 heterocycles. The summed E-state index contributed by atoms with van der Waals surface area (Å²) in [4.78, 5) is 22.6. The van der Waals surface area contributed by atoms with Gasteiger partial charge < -0.3 is 24.1 Å². The first-order valence-corrected chi connectivity index (χ1v) is 7.24. The van der Waals surface area contributed by atoms with Crippen LogP contribution < -0.4 is 48.9 Å². The van der Waals surface area contributed by atoms with Crippen LogP contribution in [-0.4, -0.2) is 24.8 Å². The SMILES string of the molecule is COc1cccc2c1cc([N+](=O)[O-])c1c(C(=O)[O-])cc3c(c12)OCO3.[Na+]. The number of carboxylic acid groups (broad SMARTS) is 1. The van der Waals surface area contributed by atoms with Gasteiger partial charge in [-0.05, 0) is 17.5 Å². The second kappa shape index (κ2) is 6.64. The van der Waals surface area contributed by atoms with Crippen LogP contribution in [0.1, 0.15) is 10.4 Å². The van der Waals surface area contributed by atoms with E-state index >= 15 is 0 Å². The first kappa shape index (κ1) is 18.2. The van der Waals surface area contributed by atoms with E-state index in [0.29, 0.717) is 16.5 Å². The molecule has 0 spiro atoms. The summed E-state index contributed by atoms with van der Waals surface area (Å²) in [6.45, 7) is -0.102. The summed E-state index contributed by atoms with van der Waals surface area (Å²) < 4.78 is 16.0. The van der Waals surface area contributed by atoms with Crippen molar-refractivity contribution in [3.63, 3.8) is 0 Å². The van der Waals surface area contributed by atoms with Crippen molar-refractivity contribution in [3.05, 3.63) is 46.0 Å². The fraction of sp³-hybridized carbons (Fsp3) is 0.118. The number of carbonyl (C=O) groups excluding carboxylic acids is 1. The van der Waals surface area contributed by atoms with Crippen molar-refractivity contribution < 1.29 is 58.6 Å². The largest absolute Gasteiger partial charge is 1.00 e. The van der Waals surface area contributed by atoms with E-state index in [1.165, 1.54) is 19.2 Å². The third-order valence-electron chi connectivity index (χ3n) is 4.17. The second-order valence-electron chi connectivity index (χ2n) is 5.40. The molecule has 0 fully saturated rings. The molecule has 1 aliphatic heterocycles. The Labute approximate surface area is 168 Å². The molecule has 26 heavy (non-hydrogen) atoms. The number of benzene rings is 3. The number of nitro groups is 1. The van der Waals surface area contributed by atoms with Gasteiger partial charge in [-0.2, -0.15) is 0 Å². The standard InChI is InChI=1S/C17H11NO7.Na/c1-23-12-4-2-3-8-9(12)5-11(18(21)22)14-10(17(19)20)6-13-16(15(8)14)25-7-24-13;/h2-6H,7H2,1H3,(H,19,20);/q;+1/p-1. The number of hydrogen-bond donors (Lipinski definition) is 0. The summed E-state index contributed by atoms with van der Waals surface area (Å²) in [5, 5.41) is 24.5. The molecule has 0 amide bonds. The zero-order valence-corrected chi connectivity index (χ0v) is 15.9. The quantitative estimate of drug-likeness (QED) is 0.254. The van der Waals surface area contributed by atoms with Crippen molar-refractivity contribution >= 4 is 33.2 Å². The normalized spacial score (nSPS) is 12.0. The topological polar surface area (TPSA) is 111 Å². The Morgan fingerprint density at radius 3 is 2.62 bits per heavy atom. The molecular formula is C17H10NNaO7. The Hall–Kier alpha value is -2.55. The Morgan fingerprint density at radius 2 is 1.96 bits per heavy atom. The molecule has 4 rings (SSSR count). The molecule has 8 nitrogen and oxygen atoms in total. The monoisotopic (exact) mass is 363 g/mol. The number of fused-ring (bicyclic) bond motifs is 5. The van der Waals surface area contributed by atoms with Crippen LogP contribution in [0.2, 0.25) is 0 Å². The van der Waals surface area contributed by atoms with E-state index in [1.807, 2.05) is 0 Å². The van der Waals surface area contributed by atoms with Gasteiger partial charge in [0, 0.05) is 22.4 Å². The molecule has 0 radical (unpaired) electrons. The molecule has 0 saturated carbocycles. The molecule has 9 heteroatoms. The summed E-state index contributed by atoms with van der Waals surface area (Å²) in [6.07, 6.45) is 0. The molecule has 0 aliphatic carbocycles. The number of rotatable bonds is 3. The van der Waals surface area contributed by atoms with Gasteiger partial charge in [0.2, 0.25) is 6.79 Å². The molecule has 0 saturated heterocycles. The van der Waals surface area contributed by atoms with E-state index in [1.54, 1.807) is 18.2 Å². The summed E-state index contributed by atoms with van der Waals surface area (Å²) in [5.74, 6) is -0.638. The van der Waals surface area contributed by atoms with Crippen LogP contribution >= 0.6 is 0 Å². The third-order valence-corrected chi connectivity index (χ3v) is 4.17. The van der Waals surface area contributed by atoms with E-state index in [0.717, 1.165) is 0 Å². The minimum Gasteiger partial charge on any atom is -0.545 e. The van der Waals surface area contributed by atoms with E-state index in [-0.39, 0.29) is 69.9 Å². The number of carbonyl (C=O) groups is 1. The van der Waals surface area contributed by atoms with Crippen molar-refractivity contribution in [1.29, 1.82) is 0 Å². The molecule has 3 aromatic carbocycles. The van der Waals surface area contributed by atoms with Gasteiger partial charge in [0.25, 0.3) is 5.69 Å². The molecule has 0 N–H and O–H groups in total. The molecule has 0 aromatic heterocycles. The average Bonchev–Trinajstić information content (AvgIpc) is 3.07. The van der Waals surface area contributed by atoms with Crippen LogP contribution in [0.3, 0.4) is 0 Å². The summed E-state index contributed by atoms with van der Waals surface area (Å²) in [6, 6.07) is 7.58. The van der Waals surface area contributed by atoms with E-state index in [4.69, 9.17) is 14.2 Å². The number of nitro benzene ring substituents is 1. The maximum absolute atomic E-state index is 11.6. The van der Waals surface area contributed by atoms with E-state index < -0.39 is 10.9 Å². The summed E-state index contributed by atoms with van der Waals surface area (Å²) in [7, 11) is 1.45. The fourth-order valence-electron chi connectivity index (χ4n) is 3.17. The molecular weight excluding hydrogens is 353 g/mol. The number of non-ortho nitro benzene ring substituents is 1. The van der Waals surface area contributed by atoms with Crippen LogP contribution in [0.4, 0.5) is 5.69 Å². The van der Waals surface area contributed by atoms with Gasteiger partial charge >= 0.3 is 29.6 Å². The van der Waals surface area contributed by atoms with Crippen LogP contribution in [0.5, 0.6) is 17.2 Å². The fourth-order valence-corrected chi connectivity index (χ4v) is 3.17. The summed E-state index contributed by atoms with van der Waals surface area (Å²) >= 11 is 0. The van der Waals surface area contributed by atoms with Crippen molar-refractivity contribution in [2.45, 2.75) is 0 Å². The predicted octanol–water partition coefficient (Wildman–Crippen LogP) is -0.994. The van der Waals surface area contributed by atoms with E-state index in [9.17, 15) is 20.0 Å². The Balaban J connectivity index is 0.00000196. The van der Waals surface area contributed by atoms with Gasteiger partial charge in [-0.25, -0.2) is 0 Å². The smallest absolute Gasteiger partial charge is 0.545 e. The zero-order chi connectivity index (χ0) is 17.7. The van der Waals surface area contributed by atoms with Crippen molar-refractivity contribution in [3.8, 4) is 17.2 Å². The predicted molar refractivity (Wildman–Crippen MR) is 85.1 cm³/mol. The number of methoxy groups -OCH3 is 1.